The summed E-state index contributed by atoms with van der Waals surface area (Å²) in [6.45, 7) is -0.0327. The summed E-state index contributed by atoms with van der Waals surface area (Å²) >= 11 is 3.33. The molecule has 0 bridgehead atoms. The Morgan fingerprint density at radius 1 is 1.22 bits per heavy atom. The van der Waals surface area contributed by atoms with Crippen molar-refractivity contribution in [1.29, 1.82) is 0 Å². The van der Waals surface area contributed by atoms with Crippen LogP contribution in [0.25, 0.3) is 0 Å². The first kappa shape index (κ1) is 12.9. The molecule has 1 aromatic heterocycles. The first-order valence-electron chi connectivity index (χ1n) is 5.29. The quantitative estimate of drug-likeness (QED) is 0.942. The van der Waals surface area contributed by atoms with E-state index in [-0.39, 0.29) is 6.61 Å². The van der Waals surface area contributed by atoms with Gasteiger partial charge in [-0.2, -0.15) is 0 Å². The van der Waals surface area contributed by atoms with Crippen LogP contribution in [0.1, 0.15) is 5.56 Å². The normalized spacial score (nSPS) is 10.2. The van der Waals surface area contributed by atoms with Crippen LogP contribution >= 0.6 is 15.9 Å². The largest absolute Gasteiger partial charge is 0.493 e. The molecule has 94 valence electrons. The van der Waals surface area contributed by atoms with Crippen LogP contribution in [0.3, 0.4) is 0 Å². The fraction of sp³-hybridized carbons (Fsp3) is 0.154. The number of aliphatic hydroxyl groups is 1. The van der Waals surface area contributed by atoms with E-state index >= 15 is 0 Å². The lowest BCUT2D eigenvalue weighted by Gasteiger charge is -2.11. The molecule has 1 heterocycles. The van der Waals surface area contributed by atoms with Gasteiger partial charge >= 0.3 is 0 Å². The van der Waals surface area contributed by atoms with Gasteiger partial charge in [-0.15, -0.1) is 0 Å². The summed E-state index contributed by atoms with van der Waals surface area (Å²) in [6, 6.07) is 7.09. The van der Waals surface area contributed by atoms with Crippen LogP contribution < -0.4 is 9.47 Å². The number of methoxy groups -OCH3 is 1. The molecule has 1 aromatic carbocycles. The van der Waals surface area contributed by atoms with Gasteiger partial charge in [0.2, 0.25) is 0 Å². The lowest BCUT2D eigenvalue weighted by molar-refractivity contribution is 0.280. The van der Waals surface area contributed by atoms with E-state index in [2.05, 4.69) is 20.9 Å². The molecule has 0 spiro atoms. The summed E-state index contributed by atoms with van der Waals surface area (Å²) in [6.07, 6.45) is 3.29. The number of hydrogen-bond donors (Lipinski definition) is 1. The van der Waals surface area contributed by atoms with E-state index in [1.54, 1.807) is 37.7 Å². The SMILES string of the molecule is COc1cc(CO)ccc1Oc1cncc(Br)c1. The molecule has 4 nitrogen and oxygen atoms in total. The third-order valence-corrected chi connectivity index (χ3v) is 2.75. The molecule has 2 rings (SSSR count). The molecule has 0 amide bonds. The van der Waals surface area contributed by atoms with Gasteiger partial charge in [-0.1, -0.05) is 6.07 Å². The Hall–Kier alpha value is -1.59. The number of ether oxygens (including phenoxy) is 2. The highest BCUT2D eigenvalue weighted by Crippen LogP contribution is 2.32. The van der Waals surface area contributed by atoms with Gasteiger partial charge < -0.3 is 14.6 Å². The predicted octanol–water partition coefficient (Wildman–Crippen LogP) is 3.14. The molecular formula is C13H12BrNO3. The van der Waals surface area contributed by atoms with Gasteiger partial charge in [0.15, 0.2) is 11.5 Å². The molecule has 5 heteroatoms. The van der Waals surface area contributed by atoms with E-state index in [9.17, 15) is 0 Å². The fourth-order valence-electron chi connectivity index (χ4n) is 1.47. The first-order valence-corrected chi connectivity index (χ1v) is 6.08. The highest BCUT2D eigenvalue weighted by atomic mass is 79.9. The summed E-state index contributed by atoms with van der Waals surface area (Å²) < 4.78 is 11.7. The van der Waals surface area contributed by atoms with Crippen LogP contribution in [0.15, 0.2) is 41.1 Å². The van der Waals surface area contributed by atoms with Crippen molar-refractivity contribution >= 4 is 15.9 Å². The van der Waals surface area contributed by atoms with Crippen molar-refractivity contribution in [2.45, 2.75) is 6.61 Å². The van der Waals surface area contributed by atoms with Gasteiger partial charge in [-0.05, 0) is 39.7 Å². The second-order valence-corrected chi connectivity index (χ2v) is 4.50. The second-order valence-electron chi connectivity index (χ2n) is 3.58. The Balaban J connectivity index is 2.28. The number of pyridine rings is 1. The van der Waals surface area contributed by atoms with Crippen molar-refractivity contribution in [3.8, 4) is 17.2 Å². The summed E-state index contributed by atoms with van der Waals surface area (Å²) in [5.41, 5.74) is 0.770. The molecule has 0 aliphatic heterocycles. The van der Waals surface area contributed by atoms with Crippen molar-refractivity contribution < 1.29 is 14.6 Å². The zero-order valence-electron chi connectivity index (χ0n) is 9.76. The van der Waals surface area contributed by atoms with Crippen LogP contribution in [-0.4, -0.2) is 17.2 Å². The molecule has 0 radical (unpaired) electrons. The Morgan fingerprint density at radius 2 is 2.06 bits per heavy atom. The maximum Gasteiger partial charge on any atom is 0.169 e. The predicted molar refractivity (Wildman–Crippen MR) is 70.9 cm³/mol. The van der Waals surface area contributed by atoms with E-state index < -0.39 is 0 Å². The zero-order valence-corrected chi connectivity index (χ0v) is 11.3. The minimum atomic E-state index is -0.0327. The number of halogens is 1. The van der Waals surface area contributed by atoms with E-state index in [1.807, 2.05) is 6.07 Å². The number of aromatic nitrogens is 1. The van der Waals surface area contributed by atoms with Gasteiger partial charge in [0.25, 0.3) is 0 Å². The van der Waals surface area contributed by atoms with Crippen LogP contribution in [0.4, 0.5) is 0 Å². The molecule has 0 saturated heterocycles. The molecule has 0 atom stereocenters. The molecule has 2 aromatic rings. The summed E-state index contributed by atoms with van der Waals surface area (Å²) in [4.78, 5) is 4.02. The molecule has 0 fully saturated rings. The van der Waals surface area contributed by atoms with Crippen molar-refractivity contribution in [2.75, 3.05) is 7.11 Å². The standard InChI is InChI=1S/C13H12BrNO3/c1-17-13-4-9(8-16)2-3-12(13)18-11-5-10(14)6-15-7-11/h2-7,16H,8H2,1H3. The van der Waals surface area contributed by atoms with Gasteiger partial charge in [0, 0.05) is 10.7 Å². The molecular weight excluding hydrogens is 298 g/mol. The van der Waals surface area contributed by atoms with E-state index in [0.29, 0.717) is 17.2 Å². The second kappa shape index (κ2) is 5.84. The number of aliphatic hydroxyl groups excluding tert-OH is 1. The lowest BCUT2D eigenvalue weighted by Crippen LogP contribution is -1.93. The van der Waals surface area contributed by atoms with Gasteiger partial charge in [-0.3, -0.25) is 4.98 Å². The number of rotatable bonds is 4. The van der Waals surface area contributed by atoms with Crippen LogP contribution in [0.5, 0.6) is 17.2 Å². The minimum absolute atomic E-state index is 0.0327. The highest BCUT2D eigenvalue weighted by Gasteiger charge is 2.07. The summed E-state index contributed by atoms with van der Waals surface area (Å²) in [5, 5.41) is 9.06. The van der Waals surface area contributed by atoms with E-state index in [0.717, 1.165) is 10.0 Å². The molecule has 0 aliphatic rings. The highest BCUT2D eigenvalue weighted by molar-refractivity contribution is 9.10. The molecule has 0 aliphatic carbocycles. The van der Waals surface area contributed by atoms with Crippen molar-refractivity contribution in [2.24, 2.45) is 0 Å². The van der Waals surface area contributed by atoms with E-state index in [1.165, 1.54) is 0 Å². The Morgan fingerprint density at radius 3 is 2.72 bits per heavy atom. The number of nitrogens with zero attached hydrogens (tertiary/aromatic N) is 1. The van der Waals surface area contributed by atoms with E-state index in [4.69, 9.17) is 14.6 Å². The Labute approximate surface area is 113 Å². The number of benzene rings is 1. The summed E-state index contributed by atoms with van der Waals surface area (Å²) in [7, 11) is 1.56. The smallest absolute Gasteiger partial charge is 0.169 e. The average molecular weight is 310 g/mol. The van der Waals surface area contributed by atoms with Gasteiger partial charge in [0.05, 0.1) is 19.9 Å². The fourth-order valence-corrected chi connectivity index (χ4v) is 1.81. The Kier molecular flexibility index (Phi) is 4.17. The van der Waals surface area contributed by atoms with Gasteiger partial charge in [-0.25, -0.2) is 0 Å². The van der Waals surface area contributed by atoms with Crippen LogP contribution in [0, 0.1) is 0 Å². The van der Waals surface area contributed by atoms with Crippen LogP contribution in [-0.2, 0) is 6.61 Å². The zero-order chi connectivity index (χ0) is 13.0. The van der Waals surface area contributed by atoms with Gasteiger partial charge in [0.1, 0.15) is 5.75 Å². The molecule has 0 unspecified atom stereocenters. The maximum absolute atomic E-state index is 9.06. The maximum atomic E-state index is 9.06. The molecule has 0 saturated carbocycles. The minimum Gasteiger partial charge on any atom is -0.493 e. The van der Waals surface area contributed by atoms with Crippen LogP contribution in [0.2, 0.25) is 0 Å². The van der Waals surface area contributed by atoms with Crippen molar-refractivity contribution in [1.82, 2.24) is 4.98 Å². The monoisotopic (exact) mass is 309 g/mol. The number of hydrogen-bond acceptors (Lipinski definition) is 4. The topological polar surface area (TPSA) is 51.6 Å². The molecule has 1 N–H and O–H groups in total. The third kappa shape index (κ3) is 3.00. The summed E-state index contributed by atoms with van der Waals surface area (Å²) in [5.74, 6) is 1.76. The molecule has 18 heavy (non-hydrogen) atoms. The average Bonchev–Trinajstić information content (AvgIpc) is 2.39. The Bertz CT molecular complexity index is 546. The lowest BCUT2D eigenvalue weighted by atomic mass is 10.2. The van der Waals surface area contributed by atoms with Crippen molar-refractivity contribution in [3.63, 3.8) is 0 Å². The van der Waals surface area contributed by atoms with Crippen molar-refractivity contribution in [3.05, 3.63) is 46.7 Å². The first-order chi connectivity index (χ1) is 8.72. The third-order valence-electron chi connectivity index (χ3n) is 2.32.